The van der Waals surface area contributed by atoms with Gasteiger partial charge in [-0.2, -0.15) is 13.7 Å². The highest BCUT2D eigenvalue weighted by atomic mass is 19.3. The van der Waals surface area contributed by atoms with Crippen molar-refractivity contribution >= 4 is 0 Å². The number of rotatable bonds is 4. The molecule has 14 heavy (non-hydrogen) atoms. The number of nitrogens with zero attached hydrogens (tertiary/aromatic N) is 1. The Morgan fingerprint density at radius 3 is 2.71 bits per heavy atom. The average molecular weight is 201 g/mol. The van der Waals surface area contributed by atoms with Crippen molar-refractivity contribution in [2.45, 2.75) is 19.6 Å². The van der Waals surface area contributed by atoms with Gasteiger partial charge in [0.2, 0.25) is 0 Å². The van der Waals surface area contributed by atoms with E-state index < -0.39 is 12.7 Å². The lowest BCUT2D eigenvalue weighted by atomic mass is 10.1. The minimum atomic E-state index is -2.86. The Bertz CT molecular complexity index is 317. The van der Waals surface area contributed by atoms with Gasteiger partial charge in [-0.05, 0) is 24.6 Å². The Hall–Kier alpha value is -1.52. The summed E-state index contributed by atoms with van der Waals surface area (Å²) in [6.45, 7) is -1.28. The summed E-state index contributed by atoms with van der Waals surface area (Å²) in [5, 5.41) is 2.79. The molecule has 3 nitrogen and oxygen atoms in total. The third-order valence-electron chi connectivity index (χ3n) is 1.72. The summed E-state index contributed by atoms with van der Waals surface area (Å²) >= 11 is 0. The third-order valence-corrected chi connectivity index (χ3v) is 1.72. The van der Waals surface area contributed by atoms with Gasteiger partial charge < -0.3 is 4.74 Å². The van der Waals surface area contributed by atoms with Crippen LogP contribution in [0.15, 0.2) is 29.4 Å². The van der Waals surface area contributed by atoms with Gasteiger partial charge in [-0.3, -0.25) is 0 Å². The van der Waals surface area contributed by atoms with Crippen molar-refractivity contribution in [2.75, 3.05) is 0 Å². The van der Waals surface area contributed by atoms with Crippen LogP contribution in [0, 0.1) is 4.91 Å². The van der Waals surface area contributed by atoms with E-state index in [1.165, 1.54) is 18.2 Å². The van der Waals surface area contributed by atoms with Crippen LogP contribution in [-0.4, -0.2) is 6.61 Å². The van der Waals surface area contributed by atoms with E-state index in [1.807, 2.05) is 0 Å². The smallest absolute Gasteiger partial charge is 0.387 e. The molecule has 0 fully saturated rings. The monoisotopic (exact) mass is 201 g/mol. The van der Waals surface area contributed by atoms with Crippen molar-refractivity contribution in [2.24, 2.45) is 5.18 Å². The highest BCUT2D eigenvalue weighted by Gasteiger charge is 2.08. The van der Waals surface area contributed by atoms with Crippen molar-refractivity contribution in [1.82, 2.24) is 0 Å². The van der Waals surface area contributed by atoms with Crippen molar-refractivity contribution < 1.29 is 13.5 Å². The van der Waals surface area contributed by atoms with Gasteiger partial charge in [0.15, 0.2) is 0 Å². The lowest BCUT2D eigenvalue weighted by Gasteiger charge is -2.07. The molecule has 1 atom stereocenters. The lowest BCUT2D eigenvalue weighted by Crippen LogP contribution is -2.02. The zero-order chi connectivity index (χ0) is 10.6. The molecular weight excluding hydrogens is 192 g/mol. The van der Waals surface area contributed by atoms with Crippen LogP contribution in [0.25, 0.3) is 0 Å². The first-order valence-electron chi connectivity index (χ1n) is 4.00. The van der Waals surface area contributed by atoms with Crippen molar-refractivity contribution in [3.8, 4) is 5.75 Å². The van der Waals surface area contributed by atoms with Gasteiger partial charge in [0, 0.05) is 0 Å². The molecule has 0 spiro atoms. The molecule has 76 valence electrons. The predicted molar refractivity (Wildman–Crippen MR) is 47.3 cm³/mol. The minimum Gasteiger partial charge on any atom is -0.435 e. The molecule has 0 heterocycles. The Morgan fingerprint density at radius 1 is 1.43 bits per heavy atom. The molecular formula is C9H9F2NO2. The predicted octanol–water partition coefficient (Wildman–Crippen LogP) is 3.12. The fraction of sp³-hybridized carbons (Fsp3) is 0.333. The van der Waals surface area contributed by atoms with Gasteiger partial charge in [-0.25, -0.2) is 0 Å². The summed E-state index contributed by atoms with van der Waals surface area (Å²) in [6.07, 6.45) is 0. The second-order valence-corrected chi connectivity index (χ2v) is 2.73. The first kappa shape index (κ1) is 10.6. The molecule has 1 aromatic rings. The maximum atomic E-state index is 11.8. The van der Waals surface area contributed by atoms with Gasteiger partial charge in [0.05, 0.1) is 0 Å². The summed E-state index contributed by atoms with van der Waals surface area (Å²) in [6, 6.07) is 5.38. The van der Waals surface area contributed by atoms with Gasteiger partial charge in [0.1, 0.15) is 11.8 Å². The number of nitroso groups, excluding NO2 is 1. The number of hydrogen-bond donors (Lipinski definition) is 0. The van der Waals surface area contributed by atoms with Gasteiger partial charge >= 0.3 is 6.61 Å². The first-order valence-corrected chi connectivity index (χ1v) is 4.00. The number of halogens is 2. The molecule has 0 aliphatic carbocycles. The van der Waals surface area contributed by atoms with E-state index in [2.05, 4.69) is 9.91 Å². The van der Waals surface area contributed by atoms with E-state index in [0.29, 0.717) is 5.56 Å². The average Bonchev–Trinajstić information content (AvgIpc) is 2.16. The molecule has 0 aliphatic rings. The van der Waals surface area contributed by atoms with Crippen LogP contribution < -0.4 is 4.74 Å². The van der Waals surface area contributed by atoms with Crippen molar-refractivity contribution in [3.63, 3.8) is 0 Å². The largest absolute Gasteiger partial charge is 0.435 e. The maximum Gasteiger partial charge on any atom is 0.387 e. The van der Waals surface area contributed by atoms with E-state index in [0.717, 1.165) is 0 Å². The zero-order valence-corrected chi connectivity index (χ0v) is 7.48. The fourth-order valence-corrected chi connectivity index (χ4v) is 1.01. The Morgan fingerprint density at radius 2 is 2.14 bits per heavy atom. The standard InChI is InChI=1S/C9H9F2NO2/c1-6(12-13)7-3-2-4-8(5-7)14-9(10)11/h2-6,9H,1H3. The van der Waals surface area contributed by atoms with Crippen molar-refractivity contribution in [3.05, 3.63) is 34.7 Å². The topological polar surface area (TPSA) is 38.7 Å². The minimum absolute atomic E-state index is 0.0352. The van der Waals surface area contributed by atoms with Crippen LogP contribution in [0.4, 0.5) is 8.78 Å². The number of hydrogen-bond acceptors (Lipinski definition) is 3. The SMILES string of the molecule is CC(N=O)c1cccc(OC(F)F)c1. The quantitative estimate of drug-likeness (QED) is 0.702. The normalized spacial score (nSPS) is 12.6. The summed E-state index contributed by atoms with van der Waals surface area (Å²) in [5.74, 6) is 0.0352. The van der Waals surface area contributed by atoms with E-state index in [-0.39, 0.29) is 5.75 Å². The highest BCUT2D eigenvalue weighted by Crippen LogP contribution is 2.22. The van der Waals surface area contributed by atoms with E-state index in [1.54, 1.807) is 13.0 Å². The van der Waals surface area contributed by atoms with Crippen LogP contribution in [0.3, 0.4) is 0 Å². The molecule has 1 rings (SSSR count). The molecule has 1 unspecified atom stereocenters. The molecule has 0 aliphatic heterocycles. The molecule has 5 heteroatoms. The van der Waals surface area contributed by atoms with E-state index in [9.17, 15) is 13.7 Å². The van der Waals surface area contributed by atoms with E-state index >= 15 is 0 Å². The molecule has 0 aromatic heterocycles. The lowest BCUT2D eigenvalue weighted by molar-refractivity contribution is -0.0498. The fourth-order valence-electron chi connectivity index (χ4n) is 1.01. The van der Waals surface area contributed by atoms with Crippen LogP contribution >= 0.6 is 0 Å². The Labute approximate surface area is 79.7 Å². The molecule has 0 saturated heterocycles. The Balaban J connectivity index is 2.83. The number of ether oxygens (including phenoxy) is 1. The highest BCUT2D eigenvalue weighted by molar-refractivity contribution is 5.30. The van der Waals surface area contributed by atoms with Gasteiger partial charge in [0.25, 0.3) is 0 Å². The molecule has 1 aromatic carbocycles. The number of alkyl halides is 2. The molecule has 0 saturated carbocycles. The van der Waals surface area contributed by atoms with Crippen LogP contribution in [-0.2, 0) is 0 Å². The zero-order valence-electron chi connectivity index (χ0n) is 7.48. The summed E-state index contributed by atoms with van der Waals surface area (Å²) in [4.78, 5) is 10.2. The summed E-state index contributed by atoms with van der Waals surface area (Å²) in [7, 11) is 0. The molecule has 0 N–H and O–H groups in total. The third kappa shape index (κ3) is 2.76. The molecule has 0 bridgehead atoms. The van der Waals surface area contributed by atoms with Crippen molar-refractivity contribution in [1.29, 1.82) is 0 Å². The van der Waals surface area contributed by atoms with Crippen LogP contribution in [0.5, 0.6) is 5.75 Å². The number of benzene rings is 1. The Kier molecular flexibility index (Phi) is 3.50. The summed E-state index contributed by atoms with van der Waals surface area (Å²) < 4.78 is 27.8. The van der Waals surface area contributed by atoms with Gasteiger partial charge in [-0.15, -0.1) is 0 Å². The second kappa shape index (κ2) is 4.64. The van der Waals surface area contributed by atoms with E-state index in [4.69, 9.17) is 0 Å². The molecule has 0 amide bonds. The maximum absolute atomic E-state index is 11.8. The summed E-state index contributed by atoms with van der Waals surface area (Å²) in [5.41, 5.74) is 0.554. The first-order chi connectivity index (χ1) is 6.63. The second-order valence-electron chi connectivity index (χ2n) is 2.73. The van der Waals surface area contributed by atoms with Gasteiger partial charge in [-0.1, -0.05) is 17.3 Å². The molecule has 0 radical (unpaired) electrons. The van der Waals surface area contributed by atoms with Crippen LogP contribution in [0.2, 0.25) is 0 Å². The van der Waals surface area contributed by atoms with Crippen LogP contribution in [0.1, 0.15) is 18.5 Å².